The summed E-state index contributed by atoms with van der Waals surface area (Å²) in [7, 11) is 0. The van der Waals surface area contributed by atoms with E-state index in [1.807, 2.05) is 0 Å². The summed E-state index contributed by atoms with van der Waals surface area (Å²) in [5.74, 6) is 0.494. The number of nitrogens with one attached hydrogen (secondary N) is 1. The van der Waals surface area contributed by atoms with Crippen LogP contribution in [0.4, 0.5) is 5.69 Å². The van der Waals surface area contributed by atoms with E-state index in [-0.39, 0.29) is 0 Å². The lowest BCUT2D eigenvalue weighted by molar-refractivity contribution is 0.662. The van der Waals surface area contributed by atoms with Gasteiger partial charge in [0.1, 0.15) is 0 Å². The molecular formula is C16H19N. The third-order valence-corrected chi connectivity index (χ3v) is 3.29. The van der Waals surface area contributed by atoms with Gasteiger partial charge in [0.2, 0.25) is 0 Å². The fraction of sp³-hybridized carbons (Fsp3) is 0.250. The van der Waals surface area contributed by atoms with Gasteiger partial charge in [-0.3, -0.25) is 0 Å². The molecule has 0 spiro atoms. The summed E-state index contributed by atoms with van der Waals surface area (Å²) in [5.41, 5.74) is 2.23. The molecule has 0 radical (unpaired) electrons. The first-order valence-electron chi connectivity index (χ1n) is 6.16. The fourth-order valence-corrected chi connectivity index (χ4v) is 1.88. The minimum absolute atomic E-state index is 0.494. The summed E-state index contributed by atoms with van der Waals surface area (Å²) in [6, 6.07) is 14.7. The summed E-state index contributed by atoms with van der Waals surface area (Å²) in [5, 5.41) is 5.95. The van der Waals surface area contributed by atoms with Crippen LogP contribution >= 0.6 is 0 Å². The van der Waals surface area contributed by atoms with Gasteiger partial charge in [-0.1, -0.05) is 56.8 Å². The van der Waals surface area contributed by atoms with Crippen LogP contribution in [0.1, 0.15) is 20.3 Å². The van der Waals surface area contributed by atoms with Gasteiger partial charge in [0.15, 0.2) is 0 Å². The smallest absolute Gasteiger partial charge is 0.0461 e. The monoisotopic (exact) mass is 225 g/mol. The molecule has 2 rings (SSSR count). The van der Waals surface area contributed by atoms with Crippen molar-refractivity contribution in [3.8, 4) is 0 Å². The molecule has 0 amide bonds. The van der Waals surface area contributed by atoms with Crippen LogP contribution in [-0.4, -0.2) is 0 Å². The standard InChI is InChI=1S/C16H19N/c1-4-12(2)13(3)17-16-11-7-9-14-8-5-6-10-15(14)16/h5-12,17H,3-4H2,1-2H3. The van der Waals surface area contributed by atoms with Crippen LogP contribution in [0.2, 0.25) is 0 Å². The topological polar surface area (TPSA) is 12.0 Å². The Bertz CT molecular complexity index is 523. The molecule has 88 valence electrons. The number of hydrogen-bond acceptors (Lipinski definition) is 1. The van der Waals surface area contributed by atoms with Gasteiger partial charge in [0, 0.05) is 16.8 Å². The molecule has 0 aromatic heterocycles. The Labute approximate surface area is 103 Å². The Balaban J connectivity index is 2.33. The number of rotatable bonds is 4. The molecular weight excluding hydrogens is 206 g/mol. The van der Waals surface area contributed by atoms with Crippen molar-refractivity contribution < 1.29 is 0 Å². The predicted molar refractivity (Wildman–Crippen MR) is 76.2 cm³/mol. The summed E-state index contributed by atoms with van der Waals surface area (Å²) >= 11 is 0. The van der Waals surface area contributed by atoms with Crippen molar-refractivity contribution in [2.24, 2.45) is 5.92 Å². The Morgan fingerprint density at radius 3 is 2.65 bits per heavy atom. The van der Waals surface area contributed by atoms with E-state index < -0.39 is 0 Å². The minimum Gasteiger partial charge on any atom is -0.359 e. The van der Waals surface area contributed by atoms with Crippen LogP contribution in [-0.2, 0) is 0 Å². The molecule has 0 saturated heterocycles. The molecule has 1 atom stereocenters. The maximum atomic E-state index is 4.12. The molecule has 2 aromatic rings. The molecule has 17 heavy (non-hydrogen) atoms. The van der Waals surface area contributed by atoms with Crippen molar-refractivity contribution in [2.45, 2.75) is 20.3 Å². The minimum atomic E-state index is 0.494. The first kappa shape index (κ1) is 11.7. The Morgan fingerprint density at radius 2 is 1.88 bits per heavy atom. The molecule has 0 saturated carbocycles. The molecule has 0 fully saturated rings. The summed E-state index contributed by atoms with van der Waals surface area (Å²) in [6.45, 7) is 8.49. The van der Waals surface area contributed by atoms with E-state index in [1.165, 1.54) is 10.8 Å². The van der Waals surface area contributed by atoms with Crippen molar-refractivity contribution in [3.05, 3.63) is 54.7 Å². The molecule has 0 aliphatic carbocycles. The summed E-state index contributed by atoms with van der Waals surface area (Å²) in [4.78, 5) is 0. The molecule has 1 unspecified atom stereocenters. The second-order valence-corrected chi connectivity index (χ2v) is 4.49. The first-order valence-corrected chi connectivity index (χ1v) is 6.16. The quantitative estimate of drug-likeness (QED) is 0.787. The number of allylic oxidation sites excluding steroid dienone is 1. The van der Waals surface area contributed by atoms with Crippen molar-refractivity contribution >= 4 is 16.5 Å². The number of fused-ring (bicyclic) bond motifs is 1. The maximum Gasteiger partial charge on any atom is 0.0461 e. The van der Waals surface area contributed by atoms with Gasteiger partial charge < -0.3 is 5.32 Å². The maximum absolute atomic E-state index is 4.12. The van der Waals surface area contributed by atoms with Gasteiger partial charge in [-0.25, -0.2) is 0 Å². The van der Waals surface area contributed by atoms with E-state index in [0.29, 0.717) is 5.92 Å². The molecule has 1 heteroatoms. The van der Waals surface area contributed by atoms with Gasteiger partial charge >= 0.3 is 0 Å². The van der Waals surface area contributed by atoms with Gasteiger partial charge in [0.05, 0.1) is 0 Å². The zero-order valence-electron chi connectivity index (χ0n) is 10.5. The number of anilines is 1. The van der Waals surface area contributed by atoms with Crippen molar-refractivity contribution in [2.75, 3.05) is 5.32 Å². The Morgan fingerprint density at radius 1 is 1.18 bits per heavy atom. The van der Waals surface area contributed by atoms with Gasteiger partial charge in [-0.15, -0.1) is 0 Å². The van der Waals surface area contributed by atoms with E-state index in [9.17, 15) is 0 Å². The first-order chi connectivity index (χ1) is 8.22. The number of benzene rings is 2. The average molecular weight is 225 g/mol. The van der Waals surface area contributed by atoms with Crippen LogP contribution in [0.15, 0.2) is 54.7 Å². The number of hydrogen-bond donors (Lipinski definition) is 1. The largest absolute Gasteiger partial charge is 0.359 e. The third kappa shape index (κ3) is 2.50. The van der Waals surface area contributed by atoms with E-state index in [2.05, 4.69) is 68.2 Å². The second kappa shape index (κ2) is 5.05. The van der Waals surface area contributed by atoms with Crippen molar-refractivity contribution in [1.29, 1.82) is 0 Å². The molecule has 1 N–H and O–H groups in total. The van der Waals surface area contributed by atoms with E-state index >= 15 is 0 Å². The summed E-state index contributed by atoms with van der Waals surface area (Å²) in [6.07, 6.45) is 1.11. The van der Waals surface area contributed by atoms with Crippen LogP contribution in [0, 0.1) is 5.92 Å². The van der Waals surface area contributed by atoms with Crippen molar-refractivity contribution in [1.82, 2.24) is 0 Å². The molecule has 0 aliphatic heterocycles. The van der Waals surface area contributed by atoms with Crippen LogP contribution < -0.4 is 5.32 Å². The third-order valence-electron chi connectivity index (χ3n) is 3.29. The van der Waals surface area contributed by atoms with Gasteiger partial charge in [0.25, 0.3) is 0 Å². The highest BCUT2D eigenvalue weighted by molar-refractivity contribution is 5.94. The summed E-state index contributed by atoms with van der Waals surface area (Å²) < 4.78 is 0. The fourth-order valence-electron chi connectivity index (χ4n) is 1.88. The SMILES string of the molecule is C=C(Nc1cccc2ccccc12)C(C)CC. The predicted octanol–water partition coefficient (Wildman–Crippen LogP) is 4.81. The van der Waals surface area contributed by atoms with E-state index in [0.717, 1.165) is 17.8 Å². The Kier molecular flexibility index (Phi) is 3.48. The van der Waals surface area contributed by atoms with Crippen LogP contribution in [0.25, 0.3) is 10.8 Å². The van der Waals surface area contributed by atoms with Crippen LogP contribution in [0.5, 0.6) is 0 Å². The van der Waals surface area contributed by atoms with E-state index in [4.69, 9.17) is 0 Å². The lowest BCUT2D eigenvalue weighted by Crippen LogP contribution is -2.06. The second-order valence-electron chi connectivity index (χ2n) is 4.49. The average Bonchev–Trinajstić information content (AvgIpc) is 2.38. The Hall–Kier alpha value is -1.76. The van der Waals surface area contributed by atoms with Gasteiger partial charge in [-0.05, 0) is 23.8 Å². The van der Waals surface area contributed by atoms with Gasteiger partial charge in [-0.2, -0.15) is 0 Å². The molecule has 2 aromatic carbocycles. The lowest BCUT2D eigenvalue weighted by atomic mass is 10.0. The molecule has 1 nitrogen and oxygen atoms in total. The van der Waals surface area contributed by atoms with E-state index in [1.54, 1.807) is 0 Å². The highest BCUT2D eigenvalue weighted by atomic mass is 14.9. The highest BCUT2D eigenvalue weighted by Crippen LogP contribution is 2.25. The van der Waals surface area contributed by atoms with Crippen molar-refractivity contribution in [3.63, 3.8) is 0 Å². The molecule has 0 heterocycles. The zero-order chi connectivity index (χ0) is 12.3. The zero-order valence-corrected chi connectivity index (χ0v) is 10.5. The van der Waals surface area contributed by atoms with Crippen LogP contribution in [0.3, 0.4) is 0 Å². The molecule has 0 aliphatic rings. The highest BCUT2D eigenvalue weighted by Gasteiger charge is 2.06. The lowest BCUT2D eigenvalue weighted by Gasteiger charge is -2.16. The molecule has 0 bridgehead atoms. The normalized spacial score (nSPS) is 12.4.